The van der Waals surface area contributed by atoms with Gasteiger partial charge < -0.3 is 5.32 Å². The summed E-state index contributed by atoms with van der Waals surface area (Å²) in [6, 6.07) is 0. The molecule has 2 rings (SSSR count). The molecule has 0 saturated heterocycles. The zero-order chi connectivity index (χ0) is 10.3. The maximum absolute atomic E-state index is 4.36. The highest BCUT2D eigenvalue weighted by Gasteiger charge is 2.36. The minimum Gasteiger partial charge on any atom is -0.306 e. The highest BCUT2D eigenvalue weighted by molar-refractivity contribution is 9.10. The lowest BCUT2D eigenvalue weighted by Gasteiger charge is -2.11. The van der Waals surface area contributed by atoms with Crippen LogP contribution in [-0.2, 0) is 13.6 Å². The average molecular weight is 258 g/mol. The Labute approximate surface area is 93.0 Å². The van der Waals surface area contributed by atoms with Crippen molar-refractivity contribution in [3.63, 3.8) is 0 Å². The minimum absolute atomic E-state index is 0.387. The number of aromatic nitrogens is 2. The molecule has 1 saturated carbocycles. The largest absolute Gasteiger partial charge is 0.306 e. The van der Waals surface area contributed by atoms with Crippen LogP contribution in [0.3, 0.4) is 0 Å². The molecule has 1 aliphatic rings. The van der Waals surface area contributed by atoms with Crippen molar-refractivity contribution in [2.24, 2.45) is 7.05 Å². The molecule has 0 atom stereocenters. The summed E-state index contributed by atoms with van der Waals surface area (Å²) in [7, 11) is 1.99. The first-order chi connectivity index (χ1) is 6.52. The van der Waals surface area contributed by atoms with Gasteiger partial charge in [-0.15, -0.1) is 0 Å². The molecule has 1 fully saturated rings. The van der Waals surface area contributed by atoms with Crippen LogP contribution in [0.25, 0.3) is 0 Å². The Bertz CT molecular complexity index is 352. The van der Waals surface area contributed by atoms with Crippen LogP contribution in [0, 0.1) is 6.92 Å². The monoisotopic (exact) mass is 257 g/mol. The lowest BCUT2D eigenvalue weighted by molar-refractivity contribution is 0.516. The summed E-state index contributed by atoms with van der Waals surface area (Å²) < 4.78 is 3.08. The highest BCUT2D eigenvalue weighted by Crippen LogP contribution is 2.35. The van der Waals surface area contributed by atoms with Crippen molar-refractivity contribution in [1.29, 1.82) is 0 Å². The Balaban J connectivity index is 2.08. The average Bonchev–Trinajstić information content (AvgIpc) is 2.78. The highest BCUT2D eigenvalue weighted by atomic mass is 79.9. The summed E-state index contributed by atoms with van der Waals surface area (Å²) in [5.41, 5.74) is 2.68. The molecule has 1 aromatic heterocycles. The molecule has 0 spiro atoms. The van der Waals surface area contributed by atoms with Crippen LogP contribution < -0.4 is 5.32 Å². The lowest BCUT2D eigenvalue weighted by atomic mass is 10.3. The second kappa shape index (κ2) is 3.35. The van der Waals surface area contributed by atoms with Gasteiger partial charge in [-0.1, -0.05) is 0 Å². The van der Waals surface area contributed by atoms with Crippen LogP contribution in [0.2, 0.25) is 0 Å². The van der Waals surface area contributed by atoms with Crippen LogP contribution in [0.4, 0.5) is 0 Å². The molecule has 14 heavy (non-hydrogen) atoms. The van der Waals surface area contributed by atoms with E-state index in [-0.39, 0.29) is 0 Å². The smallest absolute Gasteiger partial charge is 0.0739 e. The zero-order valence-electron chi connectivity index (χ0n) is 8.89. The normalized spacial score (nSPS) is 18.6. The molecule has 3 nitrogen and oxygen atoms in total. The third-order valence-corrected chi connectivity index (χ3v) is 3.98. The molecule has 4 heteroatoms. The van der Waals surface area contributed by atoms with Gasteiger partial charge in [0, 0.05) is 19.1 Å². The lowest BCUT2D eigenvalue weighted by Crippen LogP contribution is -2.28. The zero-order valence-corrected chi connectivity index (χ0v) is 10.5. The van der Waals surface area contributed by atoms with Gasteiger partial charge in [0.15, 0.2) is 0 Å². The number of aryl methyl sites for hydroxylation is 2. The van der Waals surface area contributed by atoms with Crippen molar-refractivity contribution in [1.82, 2.24) is 15.1 Å². The van der Waals surface area contributed by atoms with Gasteiger partial charge in [-0.3, -0.25) is 4.68 Å². The van der Waals surface area contributed by atoms with Crippen molar-refractivity contribution < 1.29 is 0 Å². The van der Waals surface area contributed by atoms with Gasteiger partial charge in [0.2, 0.25) is 0 Å². The fourth-order valence-electron chi connectivity index (χ4n) is 1.53. The molecule has 0 unspecified atom stereocenters. The summed E-state index contributed by atoms with van der Waals surface area (Å²) >= 11 is 3.57. The van der Waals surface area contributed by atoms with E-state index in [1.54, 1.807) is 0 Å². The second-order valence-corrected chi connectivity index (χ2v) is 5.18. The number of nitrogens with one attached hydrogen (secondary N) is 1. The number of halogens is 1. The molecule has 1 aromatic rings. The van der Waals surface area contributed by atoms with Gasteiger partial charge in [-0.05, 0) is 42.6 Å². The van der Waals surface area contributed by atoms with Crippen LogP contribution in [0.5, 0.6) is 0 Å². The molecule has 78 valence electrons. The van der Waals surface area contributed by atoms with E-state index in [4.69, 9.17) is 0 Å². The van der Waals surface area contributed by atoms with E-state index in [1.165, 1.54) is 18.5 Å². The van der Waals surface area contributed by atoms with Crippen molar-refractivity contribution in [3.8, 4) is 0 Å². The van der Waals surface area contributed by atoms with Crippen molar-refractivity contribution in [2.75, 3.05) is 0 Å². The molecule has 0 radical (unpaired) electrons. The molecule has 0 aromatic carbocycles. The van der Waals surface area contributed by atoms with E-state index in [9.17, 15) is 0 Å². The van der Waals surface area contributed by atoms with Gasteiger partial charge in [0.1, 0.15) is 0 Å². The van der Waals surface area contributed by atoms with E-state index in [2.05, 4.69) is 33.3 Å². The number of nitrogens with zero attached hydrogens (tertiary/aromatic N) is 2. The Hall–Kier alpha value is -0.350. The third kappa shape index (κ3) is 1.86. The van der Waals surface area contributed by atoms with Crippen LogP contribution in [0.1, 0.15) is 31.2 Å². The number of rotatable bonds is 3. The van der Waals surface area contributed by atoms with E-state index in [0.717, 1.165) is 16.7 Å². The summed E-state index contributed by atoms with van der Waals surface area (Å²) in [6.45, 7) is 5.19. The molecule has 0 amide bonds. The molecule has 1 aliphatic carbocycles. The number of hydrogen-bond acceptors (Lipinski definition) is 2. The minimum atomic E-state index is 0.387. The Kier molecular flexibility index (Phi) is 2.43. The Morgan fingerprint density at radius 3 is 2.64 bits per heavy atom. The maximum atomic E-state index is 4.36. The fraction of sp³-hybridized carbons (Fsp3) is 0.700. The van der Waals surface area contributed by atoms with Crippen LogP contribution in [-0.4, -0.2) is 15.3 Å². The van der Waals surface area contributed by atoms with E-state index in [0.29, 0.717) is 5.54 Å². The summed E-state index contributed by atoms with van der Waals surface area (Å²) in [5.74, 6) is 0. The molecular weight excluding hydrogens is 242 g/mol. The van der Waals surface area contributed by atoms with Crippen LogP contribution >= 0.6 is 15.9 Å². The van der Waals surface area contributed by atoms with Crippen molar-refractivity contribution >= 4 is 15.9 Å². The van der Waals surface area contributed by atoms with Gasteiger partial charge in [-0.2, -0.15) is 5.10 Å². The van der Waals surface area contributed by atoms with Crippen molar-refractivity contribution in [2.45, 2.75) is 38.8 Å². The summed E-state index contributed by atoms with van der Waals surface area (Å²) in [4.78, 5) is 0. The molecule has 1 N–H and O–H groups in total. The first-order valence-electron chi connectivity index (χ1n) is 4.95. The summed E-state index contributed by atoms with van der Waals surface area (Å²) in [5, 5.41) is 7.91. The van der Waals surface area contributed by atoms with Crippen molar-refractivity contribution in [3.05, 3.63) is 15.9 Å². The van der Waals surface area contributed by atoms with E-state index < -0.39 is 0 Å². The topological polar surface area (TPSA) is 29.9 Å². The number of hydrogen-bond donors (Lipinski definition) is 1. The molecule has 0 aliphatic heterocycles. The van der Waals surface area contributed by atoms with E-state index in [1.807, 2.05) is 18.7 Å². The third-order valence-electron chi connectivity index (χ3n) is 2.94. The Morgan fingerprint density at radius 2 is 2.21 bits per heavy atom. The van der Waals surface area contributed by atoms with Gasteiger partial charge in [0.05, 0.1) is 15.9 Å². The van der Waals surface area contributed by atoms with Crippen LogP contribution in [0.15, 0.2) is 4.47 Å². The standard InChI is InChI=1S/C10H16BrN3/c1-7-9(11)8(14(3)13-7)6-12-10(2)4-5-10/h12H,4-6H2,1-3H3. The predicted octanol–water partition coefficient (Wildman–Crippen LogP) is 2.13. The van der Waals surface area contributed by atoms with Gasteiger partial charge >= 0.3 is 0 Å². The first kappa shape index (κ1) is 10.2. The SMILES string of the molecule is Cc1nn(C)c(CNC2(C)CC2)c1Br. The van der Waals surface area contributed by atoms with Gasteiger partial charge in [-0.25, -0.2) is 0 Å². The molecule has 1 heterocycles. The second-order valence-electron chi connectivity index (χ2n) is 4.38. The quantitative estimate of drug-likeness (QED) is 0.900. The molecular formula is C10H16BrN3. The summed E-state index contributed by atoms with van der Waals surface area (Å²) in [6.07, 6.45) is 2.59. The van der Waals surface area contributed by atoms with Gasteiger partial charge in [0.25, 0.3) is 0 Å². The van der Waals surface area contributed by atoms with E-state index >= 15 is 0 Å². The predicted molar refractivity (Wildman–Crippen MR) is 60.1 cm³/mol. The molecule has 0 bridgehead atoms. The Morgan fingerprint density at radius 1 is 1.57 bits per heavy atom. The fourth-order valence-corrected chi connectivity index (χ4v) is 2.01. The first-order valence-corrected chi connectivity index (χ1v) is 5.74. The maximum Gasteiger partial charge on any atom is 0.0739 e.